The summed E-state index contributed by atoms with van der Waals surface area (Å²) >= 11 is 6.46. The van der Waals surface area contributed by atoms with E-state index in [2.05, 4.69) is 15.6 Å². The molecule has 0 radical (unpaired) electrons. The first-order chi connectivity index (χ1) is 12.6. The molecule has 3 heterocycles. The van der Waals surface area contributed by atoms with Crippen molar-refractivity contribution < 1.29 is 9.53 Å². The lowest BCUT2D eigenvalue weighted by atomic mass is 9.92. The molecule has 0 spiro atoms. The molecule has 4 rings (SSSR count). The van der Waals surface area contributed by atoms with Crippen molar-refractivity contribution in [3.63, 3.8) is 0 Å². The van der Waals surface area contributed by atoms with Gasteiger partial charge in [0, 0.05) is 37.1 Å². The monoisotopic (exact) mass is 375 g/mol. The molecule has 1 saturated heterocycles. The van der Waals surface area contributed by atoms with Crippen LogP contribution < -0.4 is 10.1 Å². The summed E-state index contributed by atoms with van der Waals surface area (Å²) in [5.41, 5.74) is 2.94. The molecule has 1 N–H and O–H groups in total. The maximum Gasteiger partial charge on any atom is 0.222 e. The van der Waals surface area contributed by atoms with Gasteiger partial charge in [0.05, 0.1) is 12.2 Å². The summed E-state index contributed by atoms with van der Waals surface area (Å²) in [7, 11) is 1.83. The van der Waals surface area contributed by atoms with E-state index in [0.29, 0.717) is 19.6 Å². The fraction of sp³-hybridized carbons (Fsp3) is 0.500. The van der Waals surface area contributed by atoms with Crippen LogP contribution in [0, 0.1) is 0 Å². The van der Waals surface area contributed by atoms with Gasteiger partial charge in [0.2, 0.25) is 5.91 Å². The molecule has 1 fully saturated rings. The molecule has 8 heteroatoms. The van der Waals surface area contributed by atoms with E-state index >= 15 is 0 Å². The Balaban J connectivity index is 1.59. The highest BCUT2D eigenvalue weighted by atomic mass is 35.5. The predicted molar refractivity (Wildman–Crippen MR) is 97.0 cm³/mol. The average Bonchev–Trinajstić information content (AvgIpc) is 3.23. The number of carbonyl (C=O) groups is 1. The molecule has 2 aromatic rings. The fourth-order valence-corrected chi connectivity index (χ4v) is 4.00. The van der Waals surface area contributed by atoms with Crippen molar-refractivity contribution in [2.75, 3.05) is 19.6 Å². The van der Waals surface area contributed by atoms with Crippen LogP contribution in [-0.4, -0.2) is 45.4 Å². The van der Waals surface area contributed by atoms with E-state index in [4.69, 9.17) is 16.3 Å². The molecule has 1 aromatic carbocycles. The number of fused-ring (bicyclic) bond motifs is 1. The summed E-state index contributed by atoms with van der Waals surface area (Å²) in [5.74, 6) is 1.02. The van der Waals surface area contributed by atoms with Gasteiger partial charge in [-0.3, -0.25) is 9.48 Å². The number of aryl methyl sites for hydroxylation is 1. The third-order valence-electron chi connectivity index (χ3n) is 4.97. The number of rotatable bonds is 5. The first-order valence-corrected chi connectivity index (χ1v) is 9.30. The Morgan fingerprint density at radius 2 is 2.27 bits per heavy atom. The van der Waals surface area contributed by atoms with Gasteiger partial charge in [-0.2, -0.15) is 0 Å². The highest BCUT2D eigenvalue weighted by molar-refractivity contribution is 6.31. The Bertz CT molecular complexity index is 822. The predicted octanol–water partition coefficient (Wildman–Crippen LogP) is 1.86. The molecule has 2 aliphatic heterocycles. The summed E-state index contributed by atoms with van der Waals surface area (Å²) < 4.78 is 7.71. The number of nitrogens with one attached hydrogen (secondary N) is 1. The van der Waals surface area contributed by atoms with Gasteiger partial charge in [-0.05, 0) is 37.1 Å². The molecular weight excluding hydrogens is 354 g/mol. The molecule has 1 amide bonds. The smallest absolute Gasteiger partial charge is 0.222 e. The second kappa shape index (κ2) is 7.25. The molecule has 1 atom stereocenters. The van der Waals surface area contributed by atoms with E-state index in [9.17, 15) is 4.79 Å². The van der Waals surface area contributed by atoms with Gasteiger partial charge in [0.15, 0.2) is 0 Å². The number of hydrogen-bond donors (Lipinski definition) is 1. The second-order valence-corrected chi connectivity index (χ2v) is 7.22. The van der Waals surface area contributed by atoms with Crippen molar-refractivity contribution in [3.8, 4) is 5.75 Å². The Hall–Kier alpha value is -2.12. The van der Waals surface area contributed by atoms with Gasteiger partial charge in [-0.1, -0.05) is 16.8 Å². The van der Waals surface area contributed by atoms with Crippen LogP contribution in [0.25, 0.3) is 0 Å². The minimum Gasteiger partial charge on any atom is -0.487 e. The summed E-state index contributed by atoms with van der Waals surface area (Å²) in [5, 5.41) is 12.3. The third kappa shape index (κ3) is 3.41. The average molecular weight is 376 g/mol. The fourth-order valence-electron chi connectivity index (χ4n) is 3.74. The lowest BCUT2D eigenvalue weighted by molar-refractivity contribution is -0.128. The summed E-state index contributed by atoms with van der Waals surface area (Å²) in [4.78, 5) is 14.0. The van der Waals surface area contributed by atoms with Gasteiger partial charge >= 0.3 is 0 Å². The molecule has 0 unspecified atom stereocenters. The third-order valence-corrected chi connectivity index (χ3v) is 5.33. The van der Waals surface area contributed by atoms with E-state index in [-0.39, 0.29) is 11.9 Å². The zero-order valence-electron chi connectivity index (χ0n) is 14.7. The summed E-state index contributed by atoms with van der Waals surface area (Å²) in [6, 6.07) is 3.82. The number of halogens is 1. The number of likely N-dealkylation sites (tertiary alicyclic amines) is 1. The number of carbonyl (C=O) groups excluding carboxylic acids is 1. The van der Waals surface area contributed by atoms with E-state index in [1.54, 1.807) is 4.68 Å². The van der Waals surface area contributed by atoms with E-state index < -0.39 is 0 Å². The van der Waals surface area contributed by atoms with E-state index in [0.717, 1.165) is 53.5 Å². The van der Waals surface area contributed by atoms with E-state index in [1.807, 2.05) is 30.3 Å². The van der Waals surface area contributed by atoms with Crippen LogP contribution in [0.2, 0.25) is 5.02 Å². The van der Waals surface area contributed by atoms with Gasteiger partial charge in [-0.15, -0.1) is 5.10 Å². The Kier molecular flexibility index (Phi) is 4.82. The molecule has 0 saturated carbocycles. The van der Waals surface area contributed by atoms with Crippen molar-refractivity contribution in [1.29, 1.82) is 0 Å². The van der Waals surface area contributed by atoms with Gasteiger partial charge in [-0.25, -0.2) is 0 Å². The molecule has 1 aromatic heterocycles. The Labute approximate surface area is 157 Å². The van der Waals surface area contributed by atoms with Crippen molar-refractivity contribution in [2.45, 2.75) is 31.9 Å². The number of aromatic nitrogens is 3. The SMILES string of the molecule is Cn1cc(COc2ccc(Cl)c3c2[C@@H](CN2CCCC2=O)NCC3)nn1. The van der Waals surface area contributed by atoms with Crippen LogP contribution in [0.15, 0.2) is 18.3 Å². The standard InChI is InChI=1S/C18H22ClN5O2/c1-23-9-12(21-22-23)11-26-16-5-4-14(19)13-6-7-20-15(18(13)16)10-24-8-2-3-17(24)25/h4-5,9,15,20H,2-3,6-8,10-11H2,1H3/t15-/m1/s1. The van der Waals surface area contributed by atoms with Crippen LogP contribution in [0.3, 0.4) is 0 Å². The first kappa shape index (κ1) is 17.3. The maximum atomic E-state index is 12.0. The molecule has 0 aliphatic carbocycles. The zero-order chi connectivity index (χ0) is 18.1. The van der Waals surface area contributed by atoms with Crippen molar-refractivity contribution in [1.82, 2.24) is 25.2 Å². The lowest BCUT2D eigenvalue weighted by Gasteiger charge is -2.32. The van der Waals surface area contributed by atoms with Crippen LogP contribution in [-0.2, 0) is 24.9 Å². The minimum atomic E-state index is 0.0244. The Morgan fingerprint density at radius 1 is 1.38 bits per heavy atom. The van der Waals surface area contributed by atoms with E-state index in [1.165, 1.54) is 0 Å². The topological polar surface area (TPSA) is 72.3 Å². The highest BCUT2D eigenvalue weighted by Crippen LogP contribution is 2.37. The number of hydrogen-bond acceptors (Lipinski definition) is 5. The number of ether oxygens (including phenoxy) is 1. The first-order valence-electron chi connectivity index (χ1n) is 8.92. The molecular formula is C18H22ClN5O2. The van der Waals surface area contributed by atoms with Crippen LogP contribution in [0.5, 0.6) is 5.75 Å². The van der Waals surface area contributed by atoms with Gasteiger partial charge in [0.1, 0.15) is 18.1 Å². The number of benzene rings is 1. The summed E-state index contributed by atoms with van der Waals surface area (Å²) in [6.07, 6.45) is 4.26. The molecule has 138 valence electrons. The lowest BCUT2D eigenvalue weighted by Crippen LogP contribution is -2.39. The molecule has 26 heavy (non-hydrogen) atoms. The van der Waals surface area contributed by atoms with Gasteiger partial charge in [0.25, 0.3) is 0 Å². The normalized spacial score (nSPS) is 19.7. The molecule has 0 bridgehead atoms. The van der Waals surface area contributed by atoms with Gasteiger partial charge < -0.3 is 15.0 Å². The quantitative estimate of drug-likeness (QED) is 0.863. The molecule has 7 nitrogen and oxygen atoms in total. The second-order valence-electron chi connectivity index (χ2n) is 6.81. The number of nitrogens with zero attached hydrogens (tertiary/aromatic N) is 4. The highest BCUT2D eigenvalue weighted by Gasteiger charge is 2.30. The maximum absolute atomic E-state index is 12.0. The van der Waals surface area contributed by atoms with Crippen molar-refractivity contribution >= 4 is 17.5 Å². The van der Waals surface area contributed by atoms with Crippen molar-refractivity contribution in [3.05, 3.63) is 40.2 Å². The molecule has 2 aliphatic rings. The number of amides is 1. The Morgan fingerprint density at radius 3 is 3.00 bits per heavy atom. The van der Waals surface area contributed by atoms with Crippen LogP contribution in [0.1, 0.15) is 35.7 Å². The van der Waals surface area contributed by atoms with Crippen molar-refractivity contribution in [2.24, 2.45) is 7.05 Å². The van der Waals surface area contributed by atoms with Crippen LogP contribution >= 0.6 is 11.6 Å². The zero-order valence-corrected chi connectivity index (χ0v) is 15.5. The minimum absolute atomic E-state index is 0.0244. The summed E-state index contributed by atoms with van der Waals surface area (Å²) in [6.45, 7) is 2.65. The largest absolute Gasteiger partial charge is 0.487 e. The van der Waals surface area contributed by atoms with Crippen LogP contribution in [0.4, 0.5) is 0 Å².